The summed E-state index contributed by atoms with van der Waals surface area (Å²) >= 11 is 6.01. The average Bonchev–Trinajstić information content (AvgIpc) is 2.46. The molecule has 0 saturated carbocycles. The number of amides is 1. The van der Waals surface area contributed by atoms with Gasteiger partial charge in [0.25, 0.3) is 5.56 Å². The van der Waals surface area contributed by atoms with Gasteiger partial charge in [-0.3, -0.25) is 18.7 Å². The van der Waals surface area contributed by atoms with Crippen LogP contribution in [0.1, 0.15) is 33.7 Å². The maximum Gasteiger partial charge on any atom is 0.332 e. The van der Waals surface area contributed by atoms with Crippen LogP contribution >= 0.6 is 11.6 Å². The maximum absolute atomic E-state index is 12.7. The van der Waals surface area contributed by atoms with Gasteiger partial charge in [0.2, 0.25) is 5.91 Å². The summed E-state index contributed by atoms with van der Waals surface area (Å²) in [7, 11) is 0. The molecule has 0 fully saturated rings. The van der Waals surface area contributed by atoms with Crippen LogP contribution in [0.2, 0.25) is 5.02 Å². The summed E-state index contributed by atoms with van der Waals surface area (Å²) < 4.78 is 2.44. The van der Waals surface area contributed by atoms with Crippen molar-refractivity contribution >= 4 is 28.4 Å². The first-order valence-corrected chi connectivity index (χ1v) is 7.90. The molecular weight excluding hydrogens is 318 g/mol. The average molecular weight is 338 g/mol. The molecule has 0 bridgehead atoms. The minimum atomic E-state index is -0.760. The van der Waals surface area contributed by atoms with E-state index in [0.717, 1.165) is 4.57 Å². The predicted octanol–water partition coefficient (Wildman–Crippen LogP) is 1.92. The molecule has 0 spiro atoms. The fourth-order valence-electron chi connectivity index (χ4n) is 2.53. The highest BCUT2D eigenvalue weighted by Gasteiger charge is 2.22. The van der Waals surface area contributed by atoms with E-state index in [1.807, 2.05) is 13.8 Å². The van der Waals surface area contributed by atoms with Gasteiger partial charge < -0.3 is 5.32 Å². The van der Waals surface area contributed by atoms with E-state index >= 15 is 0 Å². The van der Waals surface area contributed by atoms with Crippen molar-refractivity contribution < 1.29 is 4.79 Å². The normalized spacial score (nSPS) is 12.6. The lowest BCUT2D eigenvalue weighted by molar-refractivity contribution is -0.124. The molecule has 1 heterocycles. The zero-order valence-electron chi connectivity index (χ0n) is 13.6. The van der Waals surface area contributed by atoms with Gasteiger partial charge in [0, 0.05) is 17.6 Å². The molecule has 2 rings (SSSR count). The number of carbonyl (C=O) groups is 1. The Morgan fingerprint density at radius 2 is 1.91 bits per heavy atom. The quantitative estimate of drug-likeness (QED) is 0.926. The molecule has 0 aliphatic heterocycles. The Morgan fingerprint density at radius 3 is 2.48 bits per heavy atom. The van der Waals surface area contributed by atoms with Crippen molar-refractivity contribution in [2.24, 2.45) is 0 Å². The van der Waals surface area contributed by atoms with Crippen LogP contribution in [0.15, 0.2) is 27.8 Å². The molecule has 0 radical (unpaired) electrons. The molecule has 1 atom stereocenters. The molecule has 1 amide bonds. The number of halogens is 1. The van der Waals surface area contributed by atoms with Gasteiger partial charge >= 0.3 is 5.69 Å². The topological polar surface area (TPSA) is 73.1 Å². The number of rotatable bonds is 4. The molecule has 1 aromatic heterocycles. The van der Waals surface area contributed by atoms with Crippen LogP contribution in [0.4, 0.5) is 0 Å². The third kappa shape index (κ3) is 3.17. The molecule has 0 aliphatic carbocycles. The summed E-state index contributed by atoms with van der Waals surface area (Å²) in [5, 5.41) is 3.54. The third-order valence-electron chi connectivity index (χ3n) is 3.65. The van der Waals surface area contributed by atoms with E-state index in [1.165, 1.54) is 4.57 Å². The smallest absolute Gasteiger partial charge is 0.332 e. The van der Waals surface area contributed by atoms with E-state index in [1.54, 1.807) is 32.0 Å². The lowest BCUT2D eigenvalue weighted by Crippen LogP contribution is -2.45. The first-order valence-electron chi connectivity index (χ1n) is 7.52. The van der Waals surface area contributed by atoms with E-state index in [-0.39, 0.29) is 24.1 Å². The molecule has 1 N–H and O–H groups in total. The van der Waals surface area contributed by atoms with Crippen molar-refractivity contribution in [3.8, 4) is 0 Å². The van der Waals surface area contributed by atoms with Crippen molar-refractivity contribution in [1.82, 2.24) is 14.5 Å². The first-order chi connectivity index (χ1) is 10.8. The fraction of sp³-hybridized carbons (Fsp3) is 0.438. The number of hydrogen-bond donors (Lipinski definition) is 1. The second-order valence-corrected chi connectivity index (χ2v) is 6.14. The van der Waals surface area contributed by atoms with E-state index in [9.17, 15) is 14.4 Å². The summed E-state index contributed by atoms with van der Waals surface area (Å²) in [4.78, 5) is 37.4. The molecular formula is C16H20ClN3O3. The second kappa shape index (κ2) is 6.58. The zero-order valence-corrected chi connectivity index (χ0v) is 14.3. The predicted molar refractivity (Wildman–Crippen MR) is 91.1 cm³/mol. The largest absolute Gasteiger partial charge is 0.352 e. The van der Waals surface area contributed by atoms with Crippen molar-refractivity contribution in [1.29, 1.82) is 0 Å². The van der Waals surface area contributed by atoms with Crippen LogP contribution in [0.3, 0.4) is 0 Å². The van der Waals surface area contributed by atoms with Gasteiger partial charge in [0.1, 0.15) is 6.04 Å². The number of hydrogen-bond acceptors (Lipinski definition) is 3. The van der Waals surface area contributed by atoms with Gasteiger partial charge in [-0.25, -0.2) is 4.79 Å². The van der Waals surface area contributed by atoms with Gasteiger partial charge in [-0.1, -0.05) is 11.6 Å². The summed E-state index contributed by atoms with van der Waals surface area (Å²) in [6.07, 6.45) is 0. The van der Waals surface area contributed by atoms with Gasteiger partial charge in [-0.2, -0.15) is 0 Å². The monoisotopic (exact) mass is 337 g/mol. The summed E-state index contributed by atoms with van der Waals surface area (Å²) in [5.74, 6) is -0.287. The molecule has 6 nitrogen and oxygen atoms in total. The van der Waals surface area contributed by atoms with E-state index < -0.39 is 11.7 Å². The number of fused-ring (bicyclic) bond motifs is 1. The van der Waals surface area contributed by atoms with Gasteiger partial charge in [-0.05, 0) is 45.9 Å². The minimum Gasteiger partial charge on any atom is -0.352 e. The van der Waals surface area contributed by atoms with Crippen LogP contribution in [-0.4, -0.2) is 21.1 Å². The lowest BCUT2D eigenvalue weighted by Gasteiger charge is -2.20. The van der Waals surface area contributed by atoms with Crippen molar-refractivity contribution in [3.63, 3.8) is 0 Å². The van der Waals surface area contributed by atoms with Gasteiger partial charge in [0.05, 0.1) is 10.9 Å². The van der Waals surface area contributed by atoms with Crippen LogP contribution in [0, 0.1) is 0 Å². The van der Waals surface area contributed by atoms with Crippen LogP contribution < -0.4 is 16.6 Å². The fourth-order valence-corrected chi connectivity index (χ4v) is 2.69. The second-order valence-electron chi connectivity index (χ2n) is 5.70. The number of carbonyl (C=O) groups excluding carboxylic acids is 1. The Bertz CT molecular complexity index is 867. The third-order valence-corrected chi connectivity index (χ3v) is 3.88. The van der Waals surface area contributed by atoms with E-state index in [4.69, 9.17) is 11.6 Å². The Kier molecular flexibility index (Phi) is 4.94. The maximum atomic E-state index is 12.7. The van der Waals surface area contributed by atoms with Crippen LogP contribution in [0.5, 0.6) is 0 Å². The van der Waals surface area contributed by atoms with E-state index in [2.05, 4.69) is 5.32 Å². The highest BCUT2D eigenvalue weighted by molar-refractivity contribution is 6.31. The Labute approximate surface area is 138 Å². The molecule has 0 aliphatic rings. The molecule has 7 heteroatoms. The molecule has 1 aromatic carbocycles. The Hall–Kier alpha value is -2.08. The Balaban J connectivity index is 2.80. The number of aromatic nitrogens is 2. The van der Waals surface area contributed by atoms with Gasteiger partial charge in [-0.15, -0.1) is 0 Å². The SMILES string of the molecule is CCn1c(=O)c2ccc(Cl)cc2n([C@@H](C)C(=O)NC(C)C)c1=O. The number of nitrogens with zero attached hydrogens (tertiary/aromatic N) is 2. The van der Waals surface area contributed by atoms with E-state index in [0.29, 0.717) is 15.9 Å². The lowest BCUT2D eigenvalue weighted by atomic mass is 10.2. The molecule has 0 saturated heterocycles. The molecule has 23 heavy (non-hydrogen) atoms. The van der Waals surface area contributed by atoms with Crippen molar-refractivity contribution in [2.45, 2.75) is 46.3 Å². The van der Waals surface area contributed by atoms with Crippen LogP contribution in [0.25, 0.3) is 10.9 Å². The highest BCUT2D eigenvalue weighted by Crippen LogP contribution is 2.18. The van der Waals surface area contributed by atoms with Crippen molar-refractivity contribution in [2.75, 3.05) is 0 Å². The minimum absolute atomic E-state index is 0.0485. The molecule has 2 aromatic rings. The molecule has 124 valence electrons. The summed E-state index contributed by atoms with van der Waals surface area (Å²) in [6.45, 7) is 7.26. The van der Waals surface area contributed by atoms with Crippen molar-refractivity contribution in [3.05, 3.63) is 44.1 Å². The van der Waals surface area contributed by atoms with Gasteiger partial charge in [0.15, 0.2) is 0 Å². The summed E-state index contributed by atoms with van der Waals surface area (Å²) in [6, 6.07) is 3.91. The first kappa shape index (κ1) is 17.3. The number of benzene rings is 1. The highest BCUT2D eigenvalue weighted by atomic mass is 35.5. The summed E-state index contributed by atoms with van der Waals surface area (Å²) in [5.41, 5.74) is -0.529. The van der Waals surface area contributed by atoms with Crippen LogP contribution in [-0.2, 0) is 11.3 Å². The zero-order chi connectivity index (χ0) is 17.3. The molecule has 0 unspecified atom stereocenters. The Morgan fingerprint density at radius 1 is 1.26 bits per heavy atom. The standard InChI is InChI=1S/C16H20ClN3O3/c1-5-19-15(22)12-7-6-11(17)8-13(12)20(16(19)23)10(4)14(21)18-9(2)3/h6-10H,5H2,1-4H3,(H,18,21)/t10-/m0/s1. The number of nitrogens with one attached hydrogen (secondary N) is 1.